The van der Waals surface area contributed by atoms with Gasteiger partial charge < -0.3 is 15.2 Å². The number of aliphatic hydroxyl groups excluding tert-OH is 1. The Hall–Kier alpha value is -1.39. The van der Waals surface area contributed by atoms with Crippen molar-refractivity contribution in [3.8, 4) is 0 Å². The van der Waals surface area contributed by atoms with Crippen LogP contribution >= 0.6 is 0 Å². The first-order valence-electron chi connectivity index (χ1n) is 7.22. The van der Waals surface area contributed by atoms with Crippen molar-refractivity contribution in [2.45, 2.75) is 37.7 Å². The molecule has 2 atom stereocenters. The maximum absolute atomic E-state index is 12.0. The second-order valence-electron chi connectivity index (χ2n) is 5.41. The van der Waals surface area contributed by atoms with Crippen molar-refractivity contribution in [2.24, 2.45) is 0 Å². The Morgan fingerprint density at radius 2 is 2.30 bits per heavy atom. The van der Waals surface area contributed by atoms with Gasteiger partial charge in [-0.15, -0.1) is 0 Å². The average molecular weight is 277 g/mol. The summed E-state index contributed by atoms with van der Waals surface area (Å²) < 4.78 is 4.83. The van der Waals surface area contributed by atoms with Crippen LogP contribution in [0.2, 0.25) is 0 Å². The highest BCUT2D eigenvalue weighted by atomic mass is 16.5. The van der Waals surface area contributed by atoms with Gasteiger partial charge in [0.2, 0.25) is 5.91 Å². The van der Waals surface area contributed by atoms with Gasteiger partial charge in [0.05, 0.1) is 12.7 Å². The van der Waals surface area contributed by atoms with Gasteiger partial charge in [-0.1, -0.05) is 24.3 Å². The Bertz CT molecular complexity index is 447. The van der Waals surface area contributed by atoms with Crippen LogP contribution in [0, 0.1) is 0 Å². The normalized spacial score (nSPS) is 19.2. The summed E-state index contributed by atoms with van der Waals surface area (Å²) in [6, 6.07) is 8.38. The largest absolute Gasteiger partial charge is 0.389 e. The Morgan fingerprint density at radius 1 is 1.50 bits per heavy atom. The van der Waals surface area contributed by atoms with E-state index >= 15 is 0 Å². The van der Waals surface area contributed by atoms with E-state index in [1.807, 2.05) is 6.07 Å². The molecule has 0 radical (unpaired) electrons. The minimum atomic E-state index is -0.636. The number of ether oxygens (including phenoxy) is 1. The zero-order chi connectivity index (χ0) is 14.4. The van der Waals surface area contributed by atoms with Crippen molar-refractivity contribution in [2.75, 3.05) is 20.3 Å². The van der Waals surface area contributed by atoms with Crippen LogP contribution in [-0.2, 0) is 16.0 Å². The molecule has 0 bridgehead atoms. The van der Waals surface area contributed by atoms with Crippen LogP contribution in [0.5, 0.6) is 0 Å². The number of rotatable bonds is 6. The Kier molecular flexibility index (Phi) is 5.56. The average Bonchev–Trinajstić information content (AvgIpc) is 2.46. The number of methoxy groups -OCH3 is 1. The van der Waals surface area contributed by atoms with E-state index in [4.69, 9.17) is 4.74 Å². The van der Waals surface area contributed by atoms with Crippen molar-refractivity contribution in [3.63, 3.8) is 0 Å². The summed E-state index contributed by atoms with van der Waals surface area (Å²) >= 11 is 0. The van der Waals surface area contributed by atoms with Gasteiger partial charge in [0.25, 0.3) is 0 Å². The van der Waals surface area contributed by atoms with Crippen molar-refractivity contribution in [1.29, 1.82) is 0 Å². The number of carbonyl (C=O) groups is 1. The lowest BCUT2D eigenvalue weighted by atomic mass is 9.81. The summed E-state index contributed by atoms with van der Waals surface area (Å²) in [6.07, 6.45) is 3.17. The Morgan fingerprint density at radius 3 is 3.10 bits per heavy atom. The molecule has 1 aliphatic rings. The molecule has 1 amide bonds. The Labute approximate surface area is 120 Å². The third kappa shape index (κ3) is 4.05. The predicted molar refractivity (Wildman–Crippen MR) is 77.6 cm³/mol. The molecule has 4 heteroatoms. The SMILES string of the molecule is COCC(O)CNC(=O)CC1CCCc2ccccc21. The molecule has 1 aromatic rings. The molecule has 2 rings (SSSR count). The number of benzene rings is 1. The summed E-state index contributed by atoms with van der Waals surface area (Å²) in [5.41, 5.74) is 2.68. The number of fused-ring (bicyclic) bond motifs is 1. The molecule has 0 spiro atoms. The van der Waals surface area contributed by atoms with E-state index in [2.05, 4.69) is 23.5 Å². The Balaban J connectivity index is 1.86. The van der Waals surface area contributed by atoms with Crippen LogP contribution in [-0.4, -0.2) is 37.4 Å². The van der Waals surface area contributed by atoms with Gasteiger partial charge in [-0.25, -0.2) is 0 Å². The van der Waals surface area contributed by atoms with Crippen molar-refractivity contribution in [3.05, 3.63) is 35.4 Å². The monoisotopic (exact) mass is 277 g/mol. The van der Waals surface area contributed by atoms with Crippen molar-refractivity contribution in [1.82, 2.24) is 5.32 Å². The maximum Gasteiger partial charge on any atom is 0.220 e. The van der Waals surface area contributed by atoms with Crippen molar-refractivity contribution >= 4 is 5.91 Å². The molecule has 2 N–H and O–H groups in total. The molecule has 0 heterocycles. The second kappa shape index (κ2) is 7.41. The predicted octanol–water partition coefficient (Wildman–Crippen LogP) is 1.62. The molecule has 2 unspecified atom stereocenters. The van der Waals surface area contributed by atoms with E-state index < -0.39 is 6.10 Å². The van der Waals surface area contributed by atoms with Gasteiger partial charge in [-0.2, -0.15) is 0 Å². The minimum absolute atomic E-state index is 0.00172. The second-order valence-corrected chi connectivity index (χ2v) is 5.41. The van der Waals surface area contributed by atoms with Gasteiger partial charge in [-0.3, -0.25) is 4.79 Å². The van der Waals surface area contributed by atoms with Crippen LogP contribution in [0.4, 0.5) is 0 Å². The molecule has 110 valence electrons. The van der Waals surface area contributed by atoms with Crippen LogP contribution in [0.15, 0.2) is 24.3 Å². The summed E-state index contributed by atoms with van der Waals surface area (Å²) in [6.45, 7) is 0.494. The fourth-order valence-corrected chi connectivity index (χ4v) is 2.85. The molecule has 0 fully saturated rings. The molecular weight excluding hydrogens is 254 g/mol. The molecule has 1 aliphatic carbocycles. The molecular formula is C16H23NO3. The highest BCUT2D eigenvalue weighted by Crippen LogP contribution is 2.33. The minimum Gasteiger partial charge on any atom is -0.389 e. The number of amides is 1. The molecule has 0 saturated heterocycles. The zero-order valence-electron chi connectivity index (χ0n) is 12.0. The topological polar surface area (TPSA) is 58.6 Å². The maximum atomic E-state index is 12.0. The lowest BCUT2D eigenvalue weighted by Gasteiger charge is -2.25. The number of hydrogen-bond donors (Lipinski definition) is 2. The van der Waals surface area contributed by atoms with Crippen LogP contribution < -0.4 is 5.32 Å². The molecule has 20 heavy (non-hydrogen) atoms. The van der Waals surface area contributed by atoms with E-state index in [-0.39, 0.29) is 19.1 Å². The fraction of sp³-hybridized carbons (Fsp3) is 0.562. The van der Waals surface area contributed by atoms with E-state index in [0.717, 1.165) is 19.3 Å². The van der Waals surface area contributed by atoms with E-state index in [1.54, 1.807) is 0 Å². The van der Waals surface area contributed by atoms with E-state index in [1.165, 1.54) is 18.2 Å². The number of aryl methyl sites for hydroxylation is 1. The van der Waals surface area contributed by atoms with Crippen LogP contribution in [0.1, 0.15) is 36.3 Å². The van der Waals surface area contributed by atoms with Gasteiger partial charge in [-0.05, 0) is 36.3 Å². The first kappa shape index (κ1) is 15.0. The van der Waals surface area contributed by atoms with Crippen LogP contribution in [0.25, 0.3) is 0 Å². The molecule has 4 nitrogen and oxygen atoms in total. The number of aliphatic hydroxyl groups is 1. The number of carbonyl (C=O) groups excluding carboxylic acids is 1. The van der Waals surface area contributed by atoms with Gasteiger partial charge in [0.1, 0.15) is 0 Å². The third-order valence-electron chi connectivity index (χ3n) is 3.82. The third-order valence-corrected chi connectivity index (χ3v) is 3.82. The zero-order valence-corrected chi connectivity index (χ0v) is 12.0. The summed E-state index contributed by atoms with van der Waals surface area (Å²) in [5, 5.41) is 12.3. The van der Waals surface area contributed by atoms with E-state index in [0.29, 0.717) is 12.3 Å². The lowest BCUT2D eigenvalue weighted by Crippen LogP contribution is -2.35. The quantitative estimate of drug-likeness (QED) is 0.830. The molecule has 1 aromatic carbocycles. The fourth-order valence-electron chi connectivity index (χ4n) is 2.85. The molecule has 0 aromatic heterocycles. The summed E-state index contributed by atoms with van der Waals surface area (Å²) in [7, 11) is 1.53. The van der Waals surface area contributed by atoms with Gasteiger partial charge in [0.15, 0.2) is 0 Å². The summed E-state index contributed by atoms with van der Waals surface area (Å²) in [4.78, 5) is 12.0. The van der Waals surface area contributed by atoms with E-state index in [9.17, 15) is 9.90 Å². The first-order valence-corrected chi connectivity index (χ1v) is 7.22. The highest BCUT2D eigenvalue weighted by Gasteiger charge is 2.22. The number of hydrogen-bond acceptors (Lipinski definition) is 3. The smallest absolute Gasteiger partial charge is 0.220 e. The highest BCUT2D eigenvalue weighted by molar-refractivity contribution is 5.77. The molecule has 0 saturated carbocycles. The standard InChI is InChI=1S/C16H23NO3/c1-20-11-14(18)10-17-16(19)9-13-7-4-6-12-5-2-3-8-15(12)13/h2-3,5,8,13-14,18H,4,6-7,9-11H2,1H3,(H,17,19). The lowest BCUT2D eigenvalue weighted by molar-refractivity contribution is -0.122. The van der Waals surface area contributed by atoms with Crippen molar-refractivity contribution < 1.29 is 14.6 Å². The van der Waals surface area contributed by atoms with Crippen LogP contribution in [0.3, 0.4) is 0 Å². The first-order chi connectivity index (χ1) is 9.70. The summed E-state index contributed by atoms with van der Waals surface area (Å²) in [5.74, 6) is 0.307. The molecule has 0 aliphatic heterocycles. The van der Waals surface area contributed by atoms with Gasteiger partial charge in [0, 0.05) is 20.1 Å². The number of nitrogens with one attached hydrogen (secondary N) is 1. The van der Waals surface area contributed by atoms with Gasteiger partial charge >= 0.3 is 0 Å².